The molecule has 2 aromatic carbocycles. The zero-order valence-electron chi connectivity index (χ0n) is 18.2. The first-order valence-electron chi connectivity index (χ1n) is 9.99. The van der Waals surface area contributed by atoms with Gasteiger partial charge in [0.1, 0.15) is 28.9 Å². The van der Waals surface area contributed by atoms with Crippen LogP contribution in [0.4, 0.5) is 11.4 Å². The quantitative estimate of drug-likeness (QED) is 0.244. The average molecular weight is 513 g/mol. The van der Waals surface area contributed by atoms with Crippen LogP contribution >= 0.6 is 23.2 Å². The molecule has 3 aromatic rings. The molecule has 0 unspecified atom stereocenters. The molecule has 0 radical (unpaired) electrons. The van der Waals surface area contributed by atoms with Crippen LogP contribution in [-0.2, 0) is 20.9 Å². The first-order chi connectivity index (χ1) is 16.8. The van der Waals surface area contributed by atoms with Gasteiger partial charge in [-0.25, -0.2) is 0 Å². The maximum atomic E-state index is 12.4. The Kier molecular flexibility index (Phi) is 8.51. The number of halogens is 2. The molecule has 0 saturated carbocycles. The van der Waals surface area contributed by atoms with Crippen molar-refractivity contribution in [2.75, 3.05) is 17.7 Å². The van der Waals surface area contributed by atoms with Gasteiger partial charge < -0.3 is 25.1 Å². The minimum Gasteiger partial charge on any atom is -0.497 e. The van der Waals surface area contributed by atoms with E-state index in [9.17, 15) is 19.6 Å². The third-order valence-electron chi connectivity index (χ3n) is 4.49. The summed E-state index contributed by atoms with van der Waals surface area (Å²) in [5.41, 5.74) is 0.604. The monoisotopic (exact) mass is 512 g/mol. The second-order valence-corrected chi connectivity index (χ2v) is 7.74. The highest BCUT2D eigenvalue weighted by Gasteiger charge is 2.15. The van der Waals surface area contributed by atoms with Gasteiger partial charge in [0.15, 0.2) is 0 Å². The zero-order valence-corrected chi connectivity index (χ0v) is 19.7. The van der Waals surface area contributed by atoms with Crippen LogP contribution < -0.4 is 20.7 Å². The summed E-state index contributed by atoms with van der Waals surface area (Å²) in [5, 5.41) is 17.3. The fraction of sp³-hybridized carbons (Fsp3) is 0.0833. The summed E-state index contributed by atoms with van der Waals surface area (Å²) in [6, 6.07) is 15.9. The highest BCUT2D eigenvalue weighted by molar-refractivity contribution is 6.43. The van der Waals surface area contributed by atoms with E-state index < -0.39 is 17.7 Å². The number of amides is 3. The molecule has 3 amide bonds. The lowest BCUT2D eigenvalue weighted by Crippen LogP contribution is -2.34. The van der Waals surface area contributed by atoms with Crippen molar-refractivity contribution in [1.82, 2.24) is 5.32 Å². The molecule has 9 nitrogen and oxygen atoms in total. The molecular weight excluding hydrogens is 495 g/mol. The van der Waals surface area contributed by atoms with E-state index >= 15 is 0 Å². The summed E-state index contributed by atoms with van der Waals surface area (Å²) in [5.74, 6) is -1.28. The number of hydrogen-bond acceptors (Lipinski definition) is 6. The lowest BCUT2D eigenvalue weighted by molar-refractivity contribution is -0.136. The van der Waals surface area contributed by atoms with Crippen LogP contribution in [0.3, 0.4) is 0 Å². The Labute approximate surface area is 210 Å². The van der Waals surface area contributed by atoms with Crippen molar-refractivity contribution in [1.29, 1.82) is 5.26 Å². The van der Waals surface area contributed by atoms with Crippen molar-refractivity contribution in [3.63, 3.8) is 0 Å². The van der Waals surface area contributed by atoms with Crippen molar-refractivity contribution >= 4 is 58.4 Å². The lowest BCUT2D eigenvalue weighted by Gasteiger charge is -2.06. The van der Waals surface area contributed by atoms with Crippen LogP contribution in [0.2, 0.25) is 10.0 Å². The smallest absolute Gasteiger partial charge is 0.313 e. The standard InChI is InChI=1S/C24H18Cl2N4O5/c1-34-17-5-2-15(3-6-17)29-22(31)14(12-27)10-18-7-8-19(35-18)13-28-23(32)24(33)30-16-4-9-20(25)21(26)11-16/h2-11H,13H2,1H3,(H,28,32)(H,29,31)(H,30,33)/b14-10-. The molecule has 35 heavy (non-hydrogen) atoms. The largest absolute Gasteiger partial charge is 0.497 e. The number of nitrogens with zero attached hydrogens (tertiary/aromatic N) is 1. The summed E-state index contributed by atoms with van der Waals surface area (Å²) in [6.45, 7) is -0.0958. The van der Waals surface area contributed by atoms with E-state index in [1.54, 1.807) is 30.3 Å². The van der Waals surface area contributed by atoms with Gasteiger partial charge in [0.05, 0.1) is 23.7 Å². The summed E-state index contributed by atoms with van der Waals surface area (Å²) in [7, 11) is 1.53. The summed E-state index contributed by atoms with van der Waals surface area (Å²) < 4.78 is 10.6. The number of benzene rings is 2. The third kappa shape index (κ3) is 7.11. The second kappa shape index (κ2) is 11.7. The van der Waals surface area contributed by atoms with E-state index in [2.05, 4.69) is 16.0 Å². The predicted octanol–water partition coefficient (Wildman–Crippen LogP) is 4.40. The van der Waals surface area contributed by atoms with E-state index in [1.807, 2.05) is 6.07 Å². The highest BCUT2D eigenvalue weighted by Crippen LogP contribution is 2.25. The number of nitriles is 1. The summed E-state index contributed by atoms with van der Waals surface area (Å²) in [4.78, 5) is 36.5. The number of hydrogen-bond donors (Lipinski definition) is 3. The van der Waals surface area contributed by atoms with Gasteiger partial charge in [-0.15, -0.1) is 0 Å². The molecule has 0 spiro atoms. The van der Waals surface area contributed by atoms with Crippen molar-refractivity contribution in [3.05, 3.63) is 81.7 Å². The number of methoxy groups -OCH3 is 1. The molecule has 0 aliphatic rings. The van der Waals surface area contributed by atoms with E-state index in [0.29, 0.717) is 27.9 Å². The Morgan fingerprint density at radius 2 is 1.63 bits per heavy atom. The van der Waals surface area contributed by atoms with E-state index in [-0.39, 0.29) is 22.9 Å². The van der Waals surface area contributed by atoms with E-state index in [4.69, 9.17) is 32.4 Å². The molecule has 11 heteroatoms. The molecule has 1 aromatic heterocycles. The van der Waals surface area contributed by atoms with Gasteiger partial charge in [0, 0.05) is 17.5 Å². The molecule has 0 saturated heterocycles. The van der Waals surface area contributed by atoms with Gasteiger partial charge in [-0.2, -0.15) is 5.26 Å². The number of rotatable bonds is 7. The number of carbonyl (C=O) groups is 3. The molecular formula is C24H18Cl2N4O5. The molecule has 0 fully saturated rings. The van der Waals surface area contributed by atoms with Crippen LogP contribution in [0.15, 0.2) is 64.6 Å². The fourth-order valence-corrected chi connectivity index (χ4v) is 3.04. The van der Waals surface area contributed by atoms with Crippen molar-refractivity contribution in [2.45, 2.75) is 6.54 Å². The van der Waals surface area contributed by atoms with Crippen LogP contribution in [0.5, 0.6) is 5.75 Å². The van der Waals surface area contributed by atoms with Gasteiger partial charge in [-0.05, 0) is 54.6 Å². The van der Waals surface area contributed by atoms with Crippen LogP contribution in [0.25, 0.3) is 6.08 Å². The normalized spacial score (nSPS) is 10.7. The molecule has 178 valence electrons. The Balaban J connectivity index is 1.56. The number of anilines is 2. The number of ether oxygens (including phenoxy) is 1. The van der Waals surface area contributed by atoms with Gasteiger partial charge >= 0.3 is 11.8 Å². The third-order valence-corrected chi connectivity index (χ3v) is 5.23. The lowest BCUT2D eigenvalue weighted by atomic mass is 10.2. The number of carbonyl (C=O) groups excluding carboxylic acids is 3. The van der Waals surface area contributed by atoms with Gasteiger partial charge in [0.25, 0.3) is 5.91 Å². The molecule has 0 aliphatic carbocycles. The number of furan rings is 1. The Hall–Kier alpha value is -4.26. The fourth-order valence-electron chi connectivity index (χ4n) is 2.74. The first-order valence-corrected chi connectivity index (χ1v) is 10.7. The van der Waals surface area contributed by atoms with Crippen molar-refractivity contribution in [2.24, 2.45) is 0 Å². The van der Waals surface area contributed by atoms with Gasteiger partial charge in [0.2, 0.25) is 0 Å². The van der Waals surface area contributed by atoms with E-state index in [0.717, 1.165) is 0 Å². The minimum atomic E-state index is -0.906. The Morgan fingerprint density at radius 1 is 0.943 bits per heavy atom. The van der Waals surface area contributed by atoms with Crippen LogP contribution in [-0.4, -0.2) is 24.8 Å². The van der Waals surface area contributed by atoms with Crippen molar-refractivity contribution < 1.29 is 23.5 Å². The summed E-state index contributed by atoms with van der Waals surface area (Å²) >= 11 is 11.7. The predicted molar refractivity (Wildman–Crippen MR) is 131 cm³/mol. The summed E-state index contributed by atoms with van der Waals surface area (Å²) in [6.07, 6.45) is 1.27. The maximum absolute atomic E-state index is 12.4. The number of nitrogens with one attached hydrogen (secondary N) is 3. The average Bonchev–Trinajstić information content (AvgIpc) is 3.31. The SMILES string of the molecule is COc1ccc(NC(=O)/C(C#N)=C\c2ccc(CNC(=O)C(=O)Nc3ccc(Cl)c(Cl)c3)o2)cc1. The molecule has 1 heterocycles. The van der Waals surface area contributed by atoms with Gasteiger partial charge in [-0.1, -0.05) is 23.2 Å². The second-order valence-electron chi connectivity index (χ2n) is 6.92. The van der Waals surface area contributed by atoms with Crippen molar-refractivity contribution in [3.8, 4) is 11.8 Å². The Bertz CT molecular complexity index is 1330. The maximum Gasteiger partial charge on any atom is 0.313 e. The highest BCUT2D eigenvalue weighted by atomic mass is 35.5. The van der Waals surface area contributed by atoms with Crippen LogP contribution in [0, 0.1) is 11.3 Å². The minimum absolute atomic E-state index is 0.0958. The van der Waals surface area contributed by atoms with Crippen LogP contribution in [0.1, 0.15) is 11.5 Å². The molecule has 3 N–H and O–H groups in total. The first kappa shape index (κ1) is 25.4. The van der Waals surface area contributed by atoms with Gasteiger partial charge in [-0.3, -0.25) is 14.4 Å². The zero-order chi connectivity index (χ0) is 25.4. The molecule has 0 bridgehead atoms. The van der Waals surface area contributed by atoms with E-state index in [1.165, 1.54) is 37.5 Å². The molecule has 0 aliphatic heterocycles. The Morgan fingerprint density at radius 3 is 2.29 bits per heavy atom. The molecule has 0 atom stereocenters. The molecule has 3 rings (SSSR count). The topological polar surface area (TPSA) is 133 Å².